The molecule has 3 rings (SSSR count). The third kappa shape index (κ3) is 7.67. The van der Waals surface area contributed by atoms with E-state index in [1.165, 1.54) is 12.1 Å². The highest BCUT2D eigenvalue weighted by molar-refractivity contribution is 5.88. The number of nitrogens with zero attached hydrogens (tertiary/aromatic N) is 1. The van der Waals surface area contributed by atoms with Crippen molar-refractivity contribution in [1.82, 2.24) is 10.2 Å². The van der Waals surface area contributed by atoms with Gasteiger partial charge in [0, 0.05) is 19.0 Å². The van der Waals surface area contributed by atoms with Crippen molar-refractivity contribution in [3.63, 3.8) is 0 Å². The first-order valence-electron chi connectivity index (χ1n) is 12.3. The summed E-state index contributed by atoms with van der Waals surface area (Å²) in [5, 5.41) is 3.03. The van der Waals surface area contributed by atoms with E-state index in [2.05, 4.69) is 5.32 Å². The summed E-state index contributed by atoms with van der Waals surface area (Å²) in [5.41, 5.74) is 3.87. The molecule has 36 heavy (non-hydrogen) atoms. The molecular formula is C30H35FN2O3. The minimum Gasteiger partial charge on any atom is -0.484 e. The van der Waals surface area contributed by atoms with E-state index in [9.17, 15) is 14.0 Å². The Labute approximate surface area is 213 Å². The average molecular weight is 491 g/mol. The Balaban J connectivity index is 1.90. The molecule has 0 unspecified atom stereocenters. The van der Waals surface area contributed by atoms with Crippen molar-refractivity contribution in [2.45, 2.75) is 59.2 Å². The molecule has 2 amide bonds. The second-order valence-electron chi connectivity index (χ2n) is 9.21. The molecule has 190 valence electrons. The lowest BCUT2D eigenvalue weighted by Gasteiger charge is -2.32. The van der Waals surface area contributed by atoms with Gasteiger partial charge in [0.15, 0.2) is 6.61 Å². The zero-order chi connectivity index (χ0) is 26.1. The Morgan fingerprint density at radius 2 is 1.64 bits per heavy atom. The Hall–Kier alpha value is -3.67. The lowest BCUT2D eigenvalue weighted by Crippen LogP contribution is -2.53. The van der Waals surface area contributed by atoms with Gasteiger partial charge in [-0.2, -0.15) is 0 Å². The molecule has 0 aliphatic rings. The van der Waals surface area contributed by atoms with Crippen molar-refractivity contribution in [2.24, 2.45) is 0 Å². The second-order valence-corrected chi connectivity index (χ2v) is 9.21. The molecule has 0 spiro atoms. The summed E-state index contributed by atoms with van der Waals surface area (Å²) < 4.78 is 19.4. The van der Waals surface area contributed by atoms with Crippen molar-refractivity contribution >= 4 is 11.8 Å². The Morgan fingerprint density at radius 1 is 0.944 bits per heavy atom. The number of carbonyl (C=O) groups is 2. The first-order valence-corrected chi connectivity index (χ1v) is 12.3. The zero-order valence-corrected chi connectivity index (χ0v) is 21.5. The van der Waals surface area contributed by atoms with Crippen LogP contribution in [0.1, 0.15) is 42.5 Å². The van der Waals surface area contributed by atoms with Crippen molar-refractivity contribution in [2.75, 3.05) is 6.61 Å². The van der Waals surface area contributed by atoms with Crippen LogP contribution in [0.3, 0.4) is 0 Å². The number of hydrogen-bond acceptors (Lipinski definition) is 3. The van der Waals surface area contributed by atoms with Gasteiger partial charge in [0.25, 0.3) is 5.91 Å². The van der Waals surface area contributed by atoms with Crippen LogP contribution in [0.25, 0.3) is 0 Å². The topological polar surface area (TPSA) is 58.6 Å². The summed E-state index contributed by atoms with van der Waals surface area (Å²) in [6.45, 7) is 7.87. The van der Waals surface area contributed by atoms with Crippen molar-refractivity contribution in [3.8, 4) is 5.75 Å². The number of ether oxygens (including phenoxy) is 1. The van der Waals surface area contributed by atoms with Crippen LogP contribution in [0.4, 0.5) is 4.39 Å². The van der Waals surface area contributed by atoms with Gasteiger partial charge in [-0.25, -0.2) is 4.39 Å². The summed E-state index contributed by atoms with van der Waals surface area (Å²) >= 11 is 0. The molecule has 6 heteroatoms. The molecule has 2 atom stereocenters. The summed E-state index contributed by atoms with van der Waals surface area (Å²) in [6, 6.07) is 20.5. The highest BCUT2D eigenvalue weighted by atomic mass is 19.1. The molecule has 3 aromatic carbocycles. The predicted molar refractivity (Wildman–Crippen MR) is 140 cm³/mol. The second kappa shape index (κ2) is 12.9. The lowest BCUT2D eigenvalue weighted by atomic mass is 10.0. The van der Waals surface area contributed by atoms with Crippen LogP contribution in [0.15, 0.2) is 72.8 Å². The Morgan fingerprint density at radius 3 is 2.28 bits per heavy atom. The van der Waals surface area contributed by atoms with E-state index in [0.29, 0.717) is 12.2 Å². The van der Waals surface area contributed by atoms with Crippen LogP contribution in [-0.4, -0.2) is 35.4 Å². The Kier molecular flexibility index (Phi) is 9.62. The predicted octanol–water partition coefficient (Wildman–Crippen LogP) is 5.38. The van der Waals surface area contributed by atoms with E-state index in [1.54, 1.807) is 17.0 Å². The lowest BCUT2D eigenvalue weighted by molar-refractivity contribution is -0.143. The van der Waals surface area contributed by atoms with Gasteiger partial charge in [0.2, 0.25) is 5.91 Å². The van der Waals surface area contributed by atoms with Gasteiger partial charge < -0.3 is 15.0 Å². The normalized spacial score (nSPS) is 12.5. The van der Waals surface area contributed by atoms with Crippen molar-refractivity contribution in [1.29, 1.82) is 0 Å². The molecule has 1 N–H and O–H groups in total. The maximum Gasteiger partial charge on any atom is 0.261 e. The van der Waals surface area contributed by atoms with E-state index in [4.69, 9.17) is 4.74 Å². The molecule has 0 heterocycles. The zero-order valence-electron chi connectivity index (χ0n) is 21.5. The fourth-order valence-electron chi connectivity index (χ4n) is 3.81. The van der Waals surface area contributed by atoms with Crippen LogP contribution >= 0.6 is 0 Å². The van der Waals surface area contributed by atoms with E-state index in [0.717, 1.165) is 28.7 Å². The maximum absolute atomic E-state index is 13.6. The van der Waals surface area contributed by atoms with Crippen LogP contribution in [0.5, 0.6) is 5.75 Å². The van der Waals surface area contributed by atoms with Crippen molar-refractivity contribution < 1.29 is 18.7 Å². The molecule has 0 bridgehead atoms. The van der Waals surface area contributed by atoms with Gasteiger partial charge in [-0.05, 0) is 73.7 Å². The highest BCUT2D eigenvalue weighted by Gasteiger charge is 2.31. The summed E-state index contributed by atoms with van der Waals surface area (Å²) in [5.74, 6) is -0.311. The van der Waals surface area contributed by atoms with E-state index in [1.807, 2.05) is 76.2 Å². The van der Waals surface area contributed by atoms with Gasteiger partial charge in [0.1, 0.15) is 17.6 Å². The Bertz CT molecular complexity index is 1150. The standard InChI is InChI=1S/C30H35FN2O3/c1-5-23(4)32-30(35)28(18-24-9-7-6-8-10-24)33(19-25-12-14-26(31)15-13-25)29(34)20-36-27-16-11-21(2)22(3)17-27/h6-17,23,28H,5,18-20H2,1-4H3,(H,32,35)/t23-,28-/m0/s1. The summed E-state index contributed by atoms with van der Waals surface area (Å²) in [4.78, 5) is 28.6. The molecule has 0 aromatic heterocycles. The third-order valence-corrected chi connectivity index (χ3v) is 6.38. The van der Waals surface area contributed by atoms with Crippen LogP contribution in [-0.2, 0) is 22.6 Å². The van der Waals surface area contributed by atoms with Crippen molar-refractivity contribution in [3.05, 3.63) is 101 Å². The van der Waals surface area contributed by atoms with Gasteiger partial charge >= 0.3 is 0 Å². The monoisotopic (exact) mass is 490 g/mol. The molecule has 0 fully saturated rings. The minimum absolute atomic E-state index is 0.0367. The van der Waals surface area contributed by atoms with E-state index >= 15 is 0 Å². The number of halogens is 1. The van der Waals surface area contributed by atoms with Gasteiger partial charge in [-0.1, -0.05) is 55.5 Å². The molecular weight excluding hydrogens is 455 g/mol. The van der Waals surface area contributed by atoms with Gasteiger partial charge in [0.05, 0.1) is 0 Å². The number of aryl methyl sites for hydroxylation is 2. The quantitative estimate of drug-likeness (QED) is 0.393. The fraction of sp³-hybridized carbons (Fsp3) is 0.333. The first-order chi connectivity index (χ1) is 17.3. The number of carbonyl (C=O) groups excluding carboxylic acids is 2. The molecule has 0 saturated carbocycles. The van der Waals surface area contributed by atoms with Crippen LogP contribution < -0.4 is 10.1 Å². The minimum atomic E-state index is -0.762. The molecule has 0 aliphatic carbocycles. The summed E-state index contributed by atoms with van der Waals surface area (Å²) in [6.07, 6.45) is 1.12. The number of rotatable bonds is 11. The van der Waals surface area contributed by atoms with E-state index < -0.39 is 6.04 Å². The molecule has 3 aromatic rings. The number of nitrogens with one attached hydrogen (secondary N) is 1. The van der Waals surface area contributed by atoms with Crippen LogP contribution in [0.2, 0.25) is 0 Å². The highest BCUT2D eigenvalue weighted by Crippen LogP contribution is 2.19. The fourth-order valence-corrected chi connectivity index (χ4v) is 3.81. The van der Waals surface area contributed by atoms with Gasteiger partial charge in [-0.3, -0.25) is 9.59 Å². The largest absolute Gasteiger partial charge is 0.484 e. The summed E-state index contributed by atoms with van der Waals surface area (Å²) in [7, 11) is 0. The number of benzene rings is 3. The van der Waals surface area contributed by atoms with E-state index in [-0.39, 0.29) is 36.8 Å². The first kappa shape index (κ1) is 26.9. The SMILES string of the molecule is CC[C@H](C)NC(=O)[C@H](Cc1ccccc1)N(Cc1ccc(F)cc1)C(=O)COc1ccc(C)c(C)c1. The number of hydrogen-bond donors (Lipinski definition) is 1. The third-order valence-electron chi connectivity index (χ3n) is 6.38. The molecule has 0 aliphatic heterocycles. The molecule has 5 nitrogen and oxygen atoms in total. The van der Waals surface area contributed by atoms with Gasteiger partial charge in [-0.15, -0.1) is 0 Å². The smallest absolute Gasteiger partial charge is 0.261 e. The van der Waals surface area contributed by atoms with Crippen LogP contribution in [0, 0.1) is 19.7 Å². The number of amides is 2. The molecule has 0 radical (unpaired) electrons. The maximum atomic E-state index is 13.6. The average Bonchev–Trinajstić information content (AvgIpc) is 2.88. The molecule has 0 saturated heterocycles.